The van der Waals surface area contributed by atoms with Gasteiger partial charge in [-0.3, -0.25) is 0 Å². The van der Waals surface area contributed by atoms with E-state index in [2.05, 4.69) is 0 Å². The number of halogens is 6. The van der Waals surface area contributed by atoms with Crippen LogP contribution >= 0.6 is 0 Å². The van der Waals surface area contributed by atoms with Crippen molar-refractivity contribution in [2.24, 2.45) is 5.92 Å². The Labute approximate surface area is 139 Å². The van der Waals surface area contributed by atoms with E-state index in [1.54, 1.807) is 0 Å². The van der Waals surface area contributed by atoms with Crippen LogP contribution in [-0.4, -0.2) is 6.29 Å². The van der Waals surface area contributed by atoms with E-state index in [1.165, 1.54) is 24.3 Å². The molecule has 1 saturated carbocycles. The first-order chi connectivity index (χ1) is 11.6. The van der Waals surface area contributed by atoms with E-state index in [0.717, 1.165) is 24.3 Å². The fourth-order valence-electron chi connectivity index (χ4n) is 3.20. The number of alkyl halides is 6. The number of aldehydes is 1. The second-order valence-electron chi connectivity index (χ2n) is 6.07. The second-order valence-corrected chi connectivity index (χ2v) is 6.07. The largest absolute Gasteiger partial charge is 0.416 e. The number of benzene rings is 2. The minimum Gasteiger partial charge on any atom is -0.303 e. The van der Waals surface area contributed by atoms with E-state index in [1.807, 2.05) is 0 Å². The molecule has 1 fully saturated rings. The predicted molar refractivity (Wildman–Crippen MR) is 77.8 cm³/mol. The van der Waals surface area contributed by atoms with Crippen molar-refractivity contribution in [1.29, 1.82) is 0 Å². The molecule has 0 aromatic heterocycles. The molecule has 1 aliphatic rings. The number of rotatable bonds is 3. The molecule has 7 heteroatoms. The van der Waals surface area contributed by atoms with E-state index in [9.17, 15) is 31.1 Å². The molecule has 0 radical (unpaired) electrons. The molecule has 2 aromatic rings. The van der Waals surface area contributed by atoms with Crippen LogP contribution in [0.4, 0.5) is 26.3 Å². The zero-order chi connectivity index (χ0) is 18.5. The van der Waals surface area contributed by atoms with E-state index in [0.29, 0.717) is 23.8 Å². The molecule has 0 spiro atoms. The molecule has 1 nitrogen and oxygen atoms in total. The zero-order valence-electron chi connectivity index (χ0n) is 12.7. The van der Waals surface area contributed by atoms with Gasteiger partial charge in [0, 0.05) is 11.3 Å². The molecule has 0 aliphatic heterocycles. The number of carbonyl (C=O) groups is 1. The molecule has 0 bridgehead atoms. The Bertz CT molecular complexity index is 714. The summed E-state index contributed by atoms with van der Waals surface area (Å²) in [5.74, 6) is -0.471. The second kappa shape index (κ2) is 5.61. The number of hydrogen-bond acceptors (Lipinski definition) is 1. The van der Waals surface area contributed by atoms with Crippen LogP contribution in [0, 0.1) is 5.92 Å². The Morgan fingerprint density at radius 3 is 1.36 bits per heavy atom. The van der Waals surface area contributed by atoms with E-state index in [-0.39, 0.29) is 0 Å². The third-order valence-electron chi connectivity index (χ3n) is 4.63. The Hall–Kier alpha value is -2.31. The standard InChI is InChI=1S/C18H12F6O/c19-17(20,21)13-5-1-11(2-6-13)16(9-15(16)10-25)12-3-7-14(8-4-12)18(22,23)24/h1-8,10,15H,9H2. The first kappa shape index (κ1) is 17.5. The summed E-state index contributed by atoms with van der Waals surface area (Å²) in [5, 5.41) is 0. The minimum absolute atomic E-state index is 0.354. The first-order valence-corrected chi connectivity index (χ1v) is 7.40. The monoisotopic (exact) mass is 358 g/mol. The van der Waals surface area contributed by atoms with Crippen LogP contribution in [0.3, 0.4) is 0 Å². The van der Waals surface area contributed by atoms with Gasteiger partial charge in [-0.25, -0.2) is 0 Å². The van der Waals surface area contributed by atoms with E-state index in [4.69, 9.17) is 0 Å². The highest BCUT2D eigenvalue weighted by Gasteiger charge is 2.56. The van der Waals surface area contributed by atoms with Crippen molar-refractivity contribution in [3.63, 3.8) is 0 Å². The third-order valence-corrected chi connectivity index (χ3v) is 4.63. The van der Waals surface area contributed by atoms with Crippen molar-refractivity contribution >= 4 is 6.29 Å². The molecule has 0 heterocycles. The zero-order valence-corrected chi connectivity index (χ0v) is 12.7. The maximum Gasteiger partial charge on any atom is 0.416 e. The molecule has 3 rings (SSSR count). The summed E-state index contributed by atoms with van der Waals surface area (Å²) in [5.41, 5.74) is -1.53. The van der Waals surface area contributed by atoms with Gasteiger partial charge in [0.2, 0.25) is 0 Å². The van der Waals surface area contributed by atoms with E-state index < -0.39 is 34.8 Å². The summed E-state index contributed by atoms with van der Waals surface area (Å²) in [4.78, 5) is 11.2. The molecule has 1 aliphatic carbocycles. The van der Waals surface area contributed by atoms with Gasteiger partial charge in [0.1, 0.15) is 6.29 Å². The topological polar surface area (TPSA) is 17.1 Å². The average Bonchev–Trinajstić information content (AvgIpc) is 3.29. The molecule has 132 valence electrons. The van der Waals surface area contributed by atoms with Crippen LogP contribution in [0.1, 0.15) is 28.7 Å². The fourth-order valence-corrected chi connectivity index (χ4v) is 3.20. The van der Waals surface area contributed by atoms with Gasteiger partial charge in [-0.2, -0.15) is 26.3 Å². The van der Waals surface area contributed by atoms with Gasteiger partial charge in [-0.1, -0.05) is 24.3 Å². The van der Waals surface area contributed by atoms with Gasteiger partial charge < -0.3 is 4.79 Å². The van der Waals surface area contributed by atoms with Crippen molar-refractivity contribution < 1.29 is 31.1 Å². The van der Waals surface area contributed by atoms with Gasteiger partial charge >= 0.3 is 12.4 Å². The van der Waals surface area contributed by atoms with Gasteiger partial charge in [0.15, 0.2) is 0 Å². The van der Waals surface area contributed by atoms with Crippen molar-refractivity contribution in [2.45, 2.75) is 24.2 Å². The quantitative estimate of drug-likeness (QED) is 0.542. The third kappa shape index (κ3) is 3.03. The molecular formula is C18H12F6O. The maximum absolute atomic E-state index is 12.7. The molecule has 1 unspecified atom stereocenters. The average molecular weight is 358 g/mol. The summed E-state index contributed by atoms with van der Waals surface area (Å²) in [6, 6.07) is 8.80. The van der Waals surface area contributed by atoms with Gasteiger partial charge in [0.05, 0.1) is 11.1 Å². The lowest BCUT2D eigenvalue weighted by molar-refractivity contribution is -0.138. The highest BCUT2D eigenvalue weighted by Crippen LogP contribution is 2.58. The molecule has 0 amide bonds. The molecule has 0 N–H and O–H groups in total. The summed E-state index contributed by atoms with van der Waals surface area (Å²) in [7, 11) is 0. The van der Waals surface area contributed by atoms with Crippen molar-refractivity contribution in [3.05, 3.63) is 70.8 Å². The lowest BCUT2D eigenvalue weighted by Crippen LogP contribution is -2.15. The Kier molecular flexibility index (Phi) is 3.93. The van der Waals surface area contributed by atoms with Gasteiger partial charge in [-0.05, 0) is 41.8 Å². The lowest BCUT2D eigenvalue weighted by atomic mass is 9.85. The number of hydrogen-bond donors (Lipinski definition) is 0. The summed E-state index contributed by atoms with van der Waals surface area (Å²) < 4.78 is 76.1. The molecule has 2 aromatic carbocycles. The Balaban J connectivity index is 1.99. The smallest absolute Gasteiger partial charge is 0.303 e. The number of carbonyl (C=O) groups excluding carboxylic acids is 1. The van der Waals surface area contributed by atoms with Crippen LogP contribution in [0.15, 0.2) is 48.5 Å². The normalized spacial score (nSPS) is 19.5. The minimum atomic E-state index is -4.48. The van der Waals surface area contributed by atoms with Crippen LogP contribution in [0.25, 0.3) is 0 Å². The maximum atomic E-state index is 12.7. The van der Waals surface area contributed by atoms with Crippen LogP contribution < -0.4 is 0 Å². The van der Waals surface area contributed by atoms with Crippen LogP contribution in [0.2, 0.25) is 0 Å². The molecule has 0 saturated heterocycles. The van der Waals surface area contributed by atoms with Crippen LogP contribution in [-0.2, 0) is 22.6 Å². The van der Waals surface area contributed by atoms with Gasteiger partial charge in [0.25, 0.3) is 0 Å². The van der Waals surface area contributed by atoms with E-state index >= 15 is 0 Å². The summed E-state index contributed by atoms with van der Waals surface area (Å²) >= 11 is 0. The lowest BCUT2D eigenvalue weighted by Gasteiger charge is -2.19. The Morgan fingerprint density at radius 2 is 1.12 bits per heavy atom. The fraction of sp³-hybridized carbons (Fsp3) is 0.278. The molecular weight excluding hydrogens is 346 g/mol. The highest BCUT2D eigenvalue weighted by atomic mass is 19.4. The molecule has 1 atom stereocenters. The SMILES string of the molecule is O=CC1CC1(c1ccc(C(F)(F)F)cc1)c1ccc(C(F)(F)F)cc1. The van der Waals surface area contributed by atoms with Crippen molar-refractivity contribution in [2.75, 3.05) is 0 Å². The predicted octanol–water partition coefficient (Wildman–Crippen LogP) is 5.23. The van der Waals surface area contributed by atoms with Crippen molar-refractivity contribution in [3.8, 4) is 0 Å². The summed E-state index contributed by atoms with van der Waals surface area (Å²) in [6.07, 6.45) is -7.91. The van der Waals surface area contributed by atoms with Crippen LogP contribution in [0.5, 0.6) is 0 Å². The highest BCUT2D eigenvalue weighted by molar-refractivity contribution is 5.68. The Morgan fingerprint density at radius 1 is 0.760 bits per heavy atom. The first-order valence-electron chi connectivity index (χ1n) is 7.40. The summed E-state index contributed by atoms with van der Waals surface area (Å²) in [6.45, 7) is 0. The molecule has 25 heavy (non-hydrogen) atoms. The van der Waals surface area contributed by atoms with Gasteiger partial charge in [-0.15, -0.1) is 0 Å². The van der Waals surface area contributed by atoms with Crippen molar-refractivity contribution in [1.82, 2.24) is 0 Å².